The predicted molar refractivity (Wildman–Crippen MR) is 105 cm³/mol. The van der Waals surface area contributed by atoms with Crippen LogP contribution in [-0.4, -0.2) is 49.1 Å². The van der Waals surface area contributed by atoms with Crippen LogP contribution in [0.1, 0.15) is 16.1 Å². The molecule has 0 N–H and O–H groups in total. The van der Waals surface area contributed by atoms with Crippen molar-refractivity contribution in [1.29, 1.82) is 0 Å². The molecule has 0 radical (unpaired) electrons. The molecule has 6 nitrogen and oxygen atoms in total. The van der Waals surface area contributed by atoms with Crippen LogP contribution in [0.15, 0.2) is 52.5 Å². The van der Waals surface area contributed by atoms with E-state index in [1.807, 2.05) is 12.1 Å². The molecule has 0 unspecified atom stereocenters. The Morgan fingerprint density at radius 2 is 2.00 bits per heavy atom. The number of carbonyl (C=O) groups excluding carboxylic acids is 1. The Kier molecular flexibility index (Phi) is 5.22. The van der Waals surface area contributed by atoms with Crippen LogP contribution in [0.5, 0.6) is 0 Å². The molecule has 0 aliphatic carbocycles. The van der Waals surface area contributed by atoms with Gasteiger partial charge in [0.1, 0.15) is 5.69 Å². The van der Waals surface area contributed by atoms with Gasteiger partial charge in [0.15, 0.2) is 10.8 Å². The van der Waals surface area contributed by atoms with Crippen molar-refractivity contribution in [2.24, 2.45) is 0 Å². The first-order valence-electron chi connectivity index (χ1n) is 8.87. The molecule has 27 heavy (non-hydrogen) atoms. The molecule has 3 aromatic rings. The number of ether oxygens (including phenoxy) is 1. The molecule has 0 atom stereocenters. The van der Waals surface area contributed by atoms with Gasteiger partial charge < -0.3 is 19.0 Å². The number of hydrogen-bond donors (Lipinski definition) is 0. The molecule has 1 aliphatic rings. The Labute approximate surface area is 162 Å². The van der Waals surface area contributed by atoms with Crippen molar-refractivity contribution in [3.05, 3.63) is 59.3 Å². The lowest BCUT2D eigenvalue weighted by atomic mass is 10.1. The minimum Gasteiger partial charge on any atom is -0.462 e. The third-order valence-corrected chi connectivity index (χ3v) is 5.39. The van der Waals surface area contributed by atoms with Crippen LogP contribution >= 0.6 is 11.3 Å². The third kappa shape index (κ3) is 4.04. The maximum atomic E-state index is 12.7. The maximum absolute atomic E-state index is 12.7. The van der Waals surface area contributed by atoms with Gasteiger partial charge in [0.05, 0.1) is 19.5 Å². The number of thiazole rings is 1. The largest absolute Gasteiger partial charge is 0.462 e. The summed E-state index contributed by atoms with van der Waals surface area (Å²) >= 11 is 1.41. The van der Waals surface area contributed by atoms with Crippen LogP contribution in [0.25, 0.3) is 10.8 Å². The summed E-state index contributed by atoms with van der Waals surface area (Å²) in [5, 5.41) is 2.49. The second-order valence-corrected chi connectivity index (χ2v) is 7.30. The number of anilines is 1. The van der Waals surface area contributed by atoms with E-state index in [-0.39, 0.29) is 5.91 Å². The Balaban J connectivity index is 1.39. The molecule has 3 heterocycles. The average molecular weight is 383 g/mol. The number of furan rings is 1. The summed E-state index contributed by atoms with van der Waals surface area (Å²) in [6.45, 7) is 3.91. The Morgan fingerprint density at radius 1 is 1.22 bits per heavy atom. The number of carbonyl (C=O) groups is 1. The summed E-state index contributed by atoms with van der Waals surface area (Å²) in [6.07, 6.45) is 1.60. The zero-order chi connectivity index (χ0) is 18.6. The molecule has 1 amide bonds. The van der Waals surface area contributed by atoms with Gasteiger partial charge in [-0.1, -0.05) is 12.1 Å². The topological polar surface area (TPSA) is 58.8 Å². The van der Waals surface area contributed by atoms with E-state index in [0.29, 0.717) is 23.0 Å². The first-order valence-corrected chi connectivity index (χ1v) is 9.75. The van der Waals surface area contributed by atoms with Gasteiger partial charge in [-0.05, 0) is 29.8 Å². The molecule has 1 aromatic carbocycles. The molecule has 1 saturated heterocycles. The molecule has 1 fully saturated rings. The standard InChI is InChI=1S/C20H21N3O3S/c1-22(20(24)17-14-27-19(21-17)18-3-2-10-26-18)13-15-4-6-16(7-5-15)23-8-11-25-12-9-23/h2-7,10,14H,8-9,11-13H2,1H3. The quantitative estimate of drug-likeness (QED) is 0.675. The first-order chi connectivity index (χ1) is 13.2. The minimum absolute atomic E-state index is 0.0960. The van der Waals surface area contributed by atoms with E-state index in [2.05, 4.69) is 34.1 Å². The third-order valence-electron chi connectivity index (χ3n) is 4.53. The van der Waals surface area contributed by atoms with E-state index in [0.717, 1.165) is 31.9 Å². The van der Waals surface area contributed by atoms with E-state index in [9.17, 15) is 4.79 Å². The van der Waals surface area contributed by atoms with Gasteiger partial charge >= 0.3 is 0 Å². The number of aromatic nitrogens is 1. The number of amides is 1. The van der Waals surface area contributed by atoms with Gasteiger partial charge in [-0.3, -0.25) is 4.79 Å². The minimum atomic E-state index is -0.0960. The summed E-state index contributed by atoms with van der Waals surface area (Å²) in [6, 6.07) is 12.0. The van der Waals surface area contributed by atoms with Crippen molar-refractivity contribution in [2.75, 3.05) is 38.3 Å². The van der Waals surface area contributed by atoms with Crippen molar-refractivity contribution in [2.45, 2.75) is 6.54 Å². The molecular formula is C20H21N3O3S. The fourth-order valence-electron chi connectivity index (χ4n) is 3.06. The van der Waals surface area contributed by atoms with Crippen LogP contribution < -0.4 is 4.90 Å². The van der Waals surface area contributed by atoms with Gasteiger partial charge in [0.25, 0.3) is 5.91 Å². The highest BCUT2D eigenvalue weighted by atomic mass is 32.1. The Morgan fingerprint density at radius 3 is 2.70 bits per heavy atom. The molecule has 2 aromatic heterocycles. The van der Waals surface area contributed by atoms with E-state index in [1.54, 1.807) is 23.6 Å². The summed E-state index contributed by atoms with van der Waals surface area (Å²) < 4.78 is 10.7. The molecule has 0 saturated carbocycles. The van der Waals surface area contributed by atoms with Gasteiger partial charge in [0, 0.05) is 37.7 Å². The molecule has 7 heteroatoms. The lowest BCUT2D eigenvalue weighted by Gasteiger charge is -2.29. The fourth-order valence-corrected chi connectivity index (χ4v) is 3.82. The van der Waals surface area contributed by atoms with Gasteiger partial charge in [-0.15, -0.1) is 11.3 Å². The molecule has 4 rings (SSSR count). The highest BCUT2D eigenvalue weighted by molar-refractivity contribution is 7.13. The van der Waals surface area contributed by atoms with E-state index in [4.69, 9.17) is 9.15 Å². The number of benzene rings is 1. The Bertz CT molecular complexity index is 884. The SMILES string of the molecule is CN(Cc1ccc(N2CCOCC2)cc1)C(=O)c1csc(-c2ccco2)n1. The number of morpholine rings is 1. The van der Waals surface area contributed by atoms with Crippen molar-refractivity contribution in [3.8, 4) is 10.8 Å². The van der Waals surface area contributed by atoms with Gasteiger partial charge in [-0.2, -0.15) is 0 Å². The first kappa shape index (κ1) is 17.8. The molecule has 0 spiro atoms. The van der Waals surface area contributed by atoms with Crippen molar-refractivity contribution < 1.29 is 13.9 Å². The smallest absolute Gasteiger partial charge is 0.273 e. The maximum Gasteiger partial charge on any atom is 0.273 e. The monoisotopic (exact) mass is 383 g/mol. The van der Waals surface area contributed by atoms with E-state index >= 15 is 0 Å². The van der Waals surface area contributed by atoms with Gasteiger partial charge in [-0.25, -0.2) is 4.98 Å². The number of rotatable bonds is 5. The lowest BCUT2D eigenvalue weighted by Crippen LogP contribution is -2.36. The van der Waals surface area contributed by atoms with E-state index < -0.39 is 0 Å². The van der Waals surface area contributed by atoms with Crippen LogP contribution in [0, 0.1) is 0 Å². The lowest BCUT2D eigenvalue weighted by molar-refractivity contribution is 0.0780. The van der Waals surface area contributed by atoms with E-state index in [1.165, 1.54) is 17.0 Å². The number of hydrogen-bond acceptors (Lipinski definition) is 6. The summed E-state index contributed by atoms with van der Waals surface area (Å²) in [5.74, 6) is 0.585. The molecule has 140 valence electrons. The van der Waals surface area contributed by atoms with Crippen LogP contribution in [0.3, 0.4) is 0 Å². The average Bonchev–Trinajstić information content (AvgIpc) is 3.40. The normalized spacial score (nSPS) is 14.3. The Hall–Kier alpha value is -2.64. The number of nitrogens with zero attached hydrogens (tertiary/aromatic N) is 3. The van der Waals surface area contributed by atoms with Crippen molar-refractivity contribution in [3.63, 3.8) is 0 Å². The second-order valence-electron chi connectivity index (χ2n) is 6.44. The fraction of sp³-hybridized carbons (Fsp3) is 0.300. The molecule has 1 aliphatic heterocycles. The van der Waals surface area contributed by atoms with Gasteiger partial charge in [0.2, 0.25) is 0 Å². The summed E-state index contributed by atoms with van der Waals surface area (Å²) in [7, 11) is 1.80. The van der Waals surface area contributed by atoms with Crippen LogP contribution in [0.2, 0.25) is 0 Å². The summed E-state index contributed by atoms with van der Waals surface area (Å²) in [5.41, 5.74) is 2.72. The highest BCUT2D eigenvalue weighted by Gasteiger charge is 2.17. The molecular weight excluding hydrogens is 362 g/mol. The molecule has 0 bridgehead atoms. The predicted octanol–water partition coefficient (Wildman–Crippen LogP) is 3.51. The second kappa shape index (κ2) is 7.94. The highest BCUT2D eigenvalue weighted by Crippen LogP contribution is 2.25. The zero-order valence-corrected chi connectivity index (χ0v) is 15.9. The zero-order valence-electron chi connectivity index (χ0n) is 15.1. The summed E-state index contributed by atoms with van der Waals surface area (Å²) in [4.78, 5) is 21.1. The van der Waals surface area contributed by atoms with Crippen LogP contribution in [0.4, 0.5) is 5.69 Å². The van der Waals surface area contributed by atoms with Crippen molar-refractivity contribution >= 4 is 22.9 Å². The van der Waals surface area contributed by atoms with Crippen molar-refractivity contribution in [1.82, 2.24) is 9.88 Å². The van der Waals surface area contributed by atoms with Crippen LogP contribution in [-0.2, 0) is 11.3 Å².